The van der Waals surface area contributed by atoms with E-state index in [0.717, 1.165) is 56.2 Å². The van der Waals surface area contributed by atoms with Gasteiger partial charge in [-0.1, -0.05) is 13.3 Å². The Labute approximate surface area is 188 Å². The molecule has 4 rings (SSSR count). The first-order chi connectivity index (χ1) is 15.1. The van der Waals surface area contributed by atoms with Crippen molar-refractivity contribution in [3.05, 3.63) is 40.3 Å². The van der Waals surface area contributed by atoms with Crippen LogP contribution in [0.25, 0.3) is 0 Å². The van der Waals surface area contributed by atoms with E-state index in [-0.39, 0.29) is 5.91 Å². The van der Waals surface area contributed by atoms with Crippen molar-refractivity contribution in [1.29, 1.82) is 5.26 Å². The first-order valence-electron chi connectivity index (χ1n) is 11.1. The molecule has 2 heterocycles. The standard InChI is InChI=1S/C24H30N4O2S/c1-3-17-4-9-20-21(15-25)24(31-22(20)14-17)26-23(29)16-27-10-12-28(13-11-27)18-5-7-19(30-2)8-6-18/h5-8,17H,3-4,9-14,16H2,1-2H3,(H,26,29). The normalized spacial score (nSPS) is 18.9. The molecule has 31 heavy (non-hydrogen) atoms. The van der Waals surface area contributed by atoms with E-state index in [9.17, 15) is 10.1 Å². The molecule has 1 aromatic heterocycles. The van der Waals surface area contributed by atoms with E-state index in [4.69, 9.17) is 4.74 Å². The molecule has 164 valence electrons. The average Bonchev–Trinajstić information content (AvgIpc) is 3.15. The minimum Gasteiger partial charge on any atom is -0.497 e. The number of nitrogens with one attached hydrogen (secondary N) is 1. The van der Waals surface area contributed by atoms with Gasteiger partial charge in [-0.15, -0.1) is 11.3 Å². The summed E-state index contributed by atoms with van der Waals surface area (Å²) in [6, 6.07) is 10.5. The highest BCUT2D eigenvalue weighted by Gasteiger charge is 2.26. The van der Waals surface area contributed by atoms with Gasteiger partial charge in [-0.05, 0) is 55.0 Å². The van der Waals surface area contributed by atoms with E-state index in [2.05, 4.69) is 40.2 Å². The number of rotatable bonds is 6. The second-order valence-electron chi connectivity index (χ2n) is 8.35. The van der Waals surface area contributed by atoms with E-state index in [0.29, 0.717) is 18.0 Å². The summed E-state index contributed by atoms with van der Waals surface area (Å²) in [6.07, 6.45) is 4.30. The van der Waals surface area contributed by atoms with Gasteiger partial charge in [0.1, 0.15) is 16.8 Å². The maximum Gasteiger partial charge on any atom is 0.239 e. The number of ether oxygens (including phenoxy) is 1. The fourth-order valence-corrected chi connectivity index (χ4v) is 5.86. The number of piperazine rings is 1. The number of amides is 1. The van der Waals surface area contributed by atoms with E-state index < -0.39 is 0 Å². The summed E-state index contributed by atoms with van der Waals surface area (Å²) in [6.45, 7) is 6.03. The molecule has 1 N–H and O–H groups in total. The molecule has 0 saturated carbocycles. The van der Waals surface area contributed by atoms with Crippen molar-refractivity contribution in [2.24, 2.45) is 5.92 Å². The van der Waals surface area contributed by atoms with Crippen LogP contribution in [0, 0.1) is 17.2 Å². The van der Waals surface area contributed by atoms with E-state index in [1.165, 1.54) is 22.5 Å². The van der Waals surface area contributed by atoms with Crippen LogP contribution in [0.1, 0.15) is 35.8 Å². The Hall–Kier alpha value is -2.56. The van der Waals surface area contributed by atoms with Gasteiger partial charge >= 0.3 is 0 Å². The van der Waals surface area contributed by atoms with Crippen LogP contribution in [0.2, 0.25) is 0 Å². The number of fused-ring (bicyclic) bond motifs is 1. The number of nitrogens with zero attached hydrogens (tertiary/aromatic N) is 3. The molecule has 2 aromatic rings. The van der Waals surface area contributed by atoms with Crippen LogP contribution < -0.4 is 15.0 Å². The summed E-state index contributed by atoms with van der Waals surface area (Å²) >= 11 is 1.61. The molecule has 2 aliphatic rings. The Morgan fingerprint density at radius 3 is 2.65 bits per heavy atom. The second kappa shape index (κ2) is 9.71. The fraction of sp³-hybridized carbons (Fsp3) is 0.500. The molecule has 0 bridgehead atoms. The summed E-state index contributed by atoms with van der Waals surface area (Å²) in [5.74, 6) is 1.53. The van der Waals surface area contributed by atoms with Gasteiger partial charge in [0.2, 0.25) is 5.91 Å². The fourth-order valence-electron chi connectivity index (χ4n) is 4.54. The van der Waals surface area contributed by atoms with Gasteiger partial charge in [0.15, 0.2) is 0 Å². The molecule has 0 radical (unpaired) electrons. The Kier molecular flexibility index (Phi) is 6.79. The third-order valence-electron chi connectivity index (χ3n) is 6.49. The molecule has 0 spiro atoms. The van der Waals surface area contributed by atoms with Gasteiger partial charge in [0.25, 0.3) is 0 Å². The highest BCUT2D eigenvalue weighted by atomic mass is 32.1. The van der Waals surface area contributed by atoms with Crippen molar-refractivity contribution in [3.63, 3.8) is 0 Å². The van der Waals surface area contributed by atoms with Gasteiger partial charge in [0, 0.05) is 36.7 Å². The molecule has 1 aliphatic carbocycles. The highest BCUT2D eigenvalue weighted by molar-refractivity contribution is 7.16. The van der Waals surface area contributed by atoms with Crippen molar-refractivity contribution in [2.45, 2.75) is 32.6 Å². The molecule has 1 aliphatic heterocycles. The minimum atomic E-state index is -0.0277. The number of nitriles is 1. The molecule has 1 saturated heterocycles. The lowest BCUT2D eigenvalue weighted by atomic mass is 9.86. The zero-order valence-electron chi connectivity index (χ0n) is 18.3. The summed E-state index contributed by atoms with van der Waals surface area (Å²) in [4.78, 5) is 18.5. The maximum atomic E-state index is 12.7. The van der Waals surface area contributed by atoms with Crippen molar-refractivity contribution in [2.75, 3.05) is 50.1 Å². The first kappa shape index (κ1) is 21.7. The van der Waals surface area contributed by atoms with Crippen LogP contribution in [-0.4, -0.2) is 50.6 Å². The van der Waals surface area contributed by atoms with Crippen molar-refractivity contribution >= 4 is 27.9 Å². The number of methoxy groups -OCH3 is 1. The van der Waals surface area contributed by atoms with Crippen molar-refractivity contribution in [1.82, 2.24) is 4.90 Å². The SMILES string of the molecule is CCC1CCc2c(sc(NC(=O)CN3CCN(c4ccc(OC)cc4)CC3)c2C#N)C1. The van der Waals surface area contributed by atoms with Gasteiger partial charge in [-0.25, -0.2) is 0 Å². The van der Waals surface area contributed by atoms with Crippen LogP contribution >= 0.6 is 11.3 Å². The summed E-state index contributed by atoms with van der Waals surface area (Å²) in [7, 11) is 1.67. The summed E-state index contributed by atoms with van der Waals surface area (Å²) in [5.41, 5.74) is 3.03. The quantitative estimate of drug-likeness (QED) is 0.741. The number of hydrogen-bond acceptors (Lipinski definition) is 6. The maximum absolute atomic E-state index is 12.7. The van der Waals surface area contributed by atoms with Gasteiger partial charge in [-0.2, -0.15) is 5.26 Å². The number of carbonyl (C=O) groups is 1. The van der Waals surface area contributed by atoms with Crippen LogP contribution in [0.5, 0.6) is 5.75 Å². The van der Waals surface area contributed by atoms with Crippen molar-refractivity contribution in [3.8, 4) is 11.8 Å². The van der Waals surface area contributed by atoms with Crippen LogP contribution in [-0.2, 0) is 17.6 Å². The summed E-state index contributed by atoms with van der Waals surface area (Å²) < 4.78 is 5.23. The molecule has 1 atom stereocenters. The first-order valence-corrected chi connectivity index (χ1v) is 11.9. The lowest BCUT2D eigenvalue weighted by Gasteiger charge is -2.35. The molecule has 7 heteroatoms. The summed E-state index contributed by atoms with van der Waals surface area (Å²) in [5, 5.41) is 13.5. The molecule has 1 fully saturated rings. The molecule has 6 nitrogen and oxygen atoms in total. The Morgan fingerprint density at radius 2 is 2.00 bits per heavy atom. The lowest BCUT2D eigenvalue weighted by Crippen LogP contribution is -2.48. The molecule has 1 aromatic carbocycles. The molecular formula is C24H30N4O2S. The zero-order valence-corrected chi connectivity index (χ0v) is 19.1. The minimum absolute atomic E-state index is 0.0277. The third kappa shape index (κ3) is 4.86. The van der Waals surface area contributed by atoms with E-state index >= 15 is 0 Å². The Morgan fingerprint density at radius 1 is 1.26 bits per heavy atom. The van der Waals surface area contributed by atoms with Crippen LogP contribution in [0.3, 0.4) is 0 Å². The smallest absolute Gasteiger partial charge is 0.239 e. The van der Waals surface area contributed by atoms with Crippen molar-refractivity contribution < 1.29 is 9.53 Å². The predicted molar refractivity (Wildman–Crippen MR) is 125 cm³/mol. The predicted octanol–water partition coefficient (Wildman–Crippen LogP) is 3.90. The number of hydrogen-bond donors (Lipinski definition) is 1. The molecular weight excluding hydrogens is 408 g/mol. The van der Waals surface area contributed by atoms with E-state index in [1.807, 2.05) is 12.1 Å². The highest BCUT2D eigenvalue weighted by Crippen LogP contribution is 2.40. The van der Waals surface area contributed by atoms with Crippen LogP contribution in [0.15, 0.2) is 24.3 Å². The topological polar surface area (TPSA) is 68.6 Å². The largest absolute Gasteiger partial charge is 0.497 e. The number of benzene rings is 1. The Balaban J connectivity index is 1.32. The Bertz CT molecular complexity index is 955. The van der Waals surface area contributed by atoms with Gasteiger partial charge < -0.3 is 15.0 Å². The monoisotopic (exact) mass is 438 g/mol. The zero-order chi connectivity index (χ0) is 21.8. The van der Waals surface area contributed by atoms with Gasteiger partial charge in [-0.3, -0.25) is 9.69 Å². The number of anilines is 2. The lowest BCUT2D eigenvalue weighted by molar-refractivity contribution is -0.117. The third-order valence-corrected chi connectivity index (χ3v) is 7.66. The molecule has 1 amide bonds. The van der Waals surface area contributed by atoms with Gasteiger partial charge in [0.05, 0.1) is 19.2 Å². The molecule has 1 unspecified atom stereocenters. The second-order valence-corrected chi connectivity index (χ2v) is 9.45. The number of carbonyl (C=O) groups excluding carboxylic acids is 1. The van der Waals surface area contributed by atoms with E-state index in [1.54, 1.807) is 18.4 Å². The van der Waals surface area contributed by atoms with Crippen LogP contribution in [0.4, 0.5) is 10.7 Å². The number of thiophene rings is 1. The average molecular weight is 439 g/mol.